The largest absolute Gasteiger partial charge is 0.345 e. The van der Waals surface area contributed by atoms with E-state index in [1.807, 2.05) is 43.3 Å². The van der Waals surface area contributed by atoms with Crippen LogP contribution in [0.1, 0.15) is 39.2 Å². The highest BCUT2D eigenvalue weighted by Crippen LogP contribution is 2.18. The van der Waals surface area contributed by atoms with Gasteiger partial charge in [0.05, 0.1) is 17.3 Å². The van der Waals surface area contributed by atoms with Gasteiger partial charge in [-0.3, -0.25) is 9.59 Å². The van der Waals surface area contributed by atoms with Crippen LogP contribution in [-0.2, 0) is 0 Å². The highest BCUT2D eigenvalue weighted by molar-refractivity contribution is 6.09. The maximum Gasteiger partial charge on any atom is 0.255 e. The molecule has 2 N–H and O–H groups in total. The Kier molecular flexibility index (Phi) is 5.44. The molecule has 1 atom stereocenters. The molecule has 3 aromatic rings. The van der Waals surface area contributed by atoms with Crippen molar-refractivity contribution in [2.75, 3.05) is 5.32 Å². The second kappa shape index (κ2) is 8.12. The Bertz CT molecular complexity index is 892. The van der Waals surface area contributed by atoms with E-state index in [2.05, 4.69) is 10.6 Å². The fourth-order valence-corrected chi connectivity index (χ4v) is 2.67. The zero-order chi connectivity index (χ0) is 18.4. The Labute approximate surface area is 152 Å². The van der Waals surface area contributed by atoms with Gasteiger partial charge in [0.15, 0.2) is 0 Å². The van der Waals surface area contributed by atoms with Crippen LogP contribution in [0.15, 0.2) is 84.9 Å². The Hall–Kier alpha value is -3.40. The summed E-state index contributed by atoms with van der Waals surface area (Å²) in [4.78, 5) is 25.1. The fourth-order valence-electron chi connectivity index (χ4n) is 2.67. The number of amides is 2. The van der Waals surface area contributed by atoms with Crippen molar-refractivity contribution in [3.63, 3.8) is 0 Å². The lowest BCUT2D eigenvalue weighted by Gasteiger charge is -2.16. The molecular formula is C22H20N2O2. The first-order chi connectivity index (χ1) is 12.6. The van der Waals surface area contributed by atoms with E-state index >= 15 is 0 Å². The topological polar surface area (TPSA) is 58.2 Å². The molecule has 4 heteroatoms. The number of carbonyl (C=O) groups is 2. The first-order valence-corrected chi connectivity index (χ1v) is 8.46. The zero-order valence-corrected chi connectivity index (χ0v) is 14.5. The van der Waals surface area contributed by atoms with Crippen LogP contribution in [0, 0.1) is 0 Å². The molecule has 0 fully saturated rings. The van der Waals surface area contributed by atoms with E-state index in [1.54, 1.807) is 48.5 Å². The first kappa shape index (κ1) is 17.4. The van der Waals surface area contributed by atoms with Gasteiger partial charge in [0.1, 0.15) is 0 Å². The summed E-state index contributed by atoms with van der Waals surface area (Å²) in [5.74, 6) is -0.479. The third kappa shape index (κ3) is 4.16. The van der Waals surface area contributed by atoms with Gasteiger partial charge in [-0.05, 0) is 36.8 Å². The van der Waals surface area contributed by atoms with E-state index in [9.17, 15) is 9.59 Å². The maximum atomic E-state index is 12.7. The molecule has 0 spiro atoms. The van der Waals surface area contributed by atoms with Crippen molar-refractivity contribution in [1.82, 2.24) is 5.32 Å². The highest BCUT2D eigenvalue weighted by atomic mass is 16.2. The van der Waals surface area contributed by atoms with Crippen molar-refractivity contribution >= 4 is 17.5 Å². The first-order valence-electron chi connectivity index (χ1n) is 8.46. The SMILES string of the molecule is C[C@@H](NC(=O)c1ccccc1NC(=O)c1ccccc1)c1ccccc1. The van der Waals surface area contributed by atoms with Crippen LogP contribution in [0.3, 0.4) is 0 Å². The standard InChI is InChI=1S/C22H20N2O2/c1-16(17-10-4-2-5-11-17)23-22(26)19-14-8-9-15-20(19)24-21(25)18-12-6-3-7-13-18/h2-16H,1H3,(H,23,26)(H,24,25)/t16-/m1/s1. The van der Waals surface area contributed by atoms with Gasteiger partial charge in [0.25, 0.3) is 11.8 Å². The molecular weight excluding hydrogens is 324 g/mol. The molecule has 0 aliphatic heterocycles. The van der Waals surface area contributed by atoms with Gasteiger partial charge in [-0.25, -0.2) is 0 Å². The number of carbonyl (C=O) groups excluding carboxylic acids is 2. The van der Waals surface area contributed by atoms with Gasteiger partial charge < -0.3 is 10.6 Å². The molecule has 4 nitrogen and oxygen atoms in total. The minimum absolute atomic E-state index is 0.137. The number of nitrogens with one attached hydrogen (secondary N) is 2. The Morgan fingerprint density at radius 2 is 1.31 bits per heavy atom. The second-order valence-electron chi connectivity index (χ2n) is 5.97. The molecule has 0 aromatic heterocycles. The number of hydrogen-bond donors (Lipinski definition) is 2. The molecule has 0 aliphatic rings. The van der Waals surface area contributed by atoms with Crippen molar-refractivity contribution in [1.29, 1.82) is 0 Å². The molecule has 26 heavy (non-hydrogen) atoms. The van der Waals surface area contributed by atoms with Crippen LogP contribution >= 0.6 is 0 Å². The Morgan fingerprint density at radius 3 is 2.00 bits per heavy atom. The summed E-state index contributed by atoms with van der Waals surface area (Å²) in [6.07, 6.45) is 0. The van der Waals surface area contributed by atoms with Crippen LogP contribution in [-0.4, -0.2) is 11.8 Å². The van der Waals surface area contributed by atoms with Crippen molar-refractivity contribution in [2.45, 2.75) is 13.0 Å². The van der Waals surface area contributed by atoms with E-state index in [-0.39, 0.29) is 17.9 Å². The average molecular weight is 344 g/mol. The van der Waals surface area contributed by atoms with Crippen LogP contribution < -0.4 is 10.6 Å². The fraction of sp³-hybridized carbons (Fsp3) is 0.0909. The average Bonchev–Trinajstić information content (AvgIpc) is 2.69. The summed E-state index contributed by atoms with van der Waals surface area (Å²) in [6, 6.07) is 25.5. The Morgan fingerprint density at radius 1 is 0.731 bits per heavy atom. The molecule has 3 aromatic carbocycles. The summed E-state index contributed by atoms with van der Waals surface area (Å²) >= 11 is 0. The quantitative estimate of drug-likeness (QED) is 0.719. The van der Waals surface area contributed by atoms with Crippen LogP contribution in [0.2, 0.25) is 0 Å². The number of para-hydroxylation sites is 1. The third-order valence-corrected chi connectivity index (χ3v) is 4.10. The molecule has 0 unspecified atom stereocenters. The van der Waals surface area contributed by atoms with Gasteiger partial charge in [-0.2, -0.15) is 0 Å². The minimum Gasteiger partial charge on any atom is -0.345 e. The molecule has 0 heterocycles. The second-order valence-corrected chi connectivity index (χ2v) is 5.97. The van der Waals surface area contributed by atoms with E-state index in [1.165, 1.54) is 0 Å². The van der Waals surface area contributed by atoms with Crippen LogP contribution in [0.4, 0.5) is 5.69 Å². The predicted octanol–water partition coefficient (Wildman–Crippen LogP) is 4.43. The zero-order valence-electron chi connectivity index (χ0n) is 14.5. The van der Waals surface area contributed by atoms with E-state index < -0.39 is 0 Å². The van der Waals surface area contributed by atoms with Gasteiger partial charge in [0, 0.05) is 5.56 Å². The normalized spacial score (nSPS) is 11.4. The smallest absolute Gasteiger partial charge is 0.255 e. The van der Waals surface area contributed by atoms with Crippen molar-refractivity contribution in [2.24, 2.45) is 0 Å². The number of benzene rings is 3. The molecule has 0 aliphatic carbocycles. The lowest BCUT2D eigenvalue weighted by Crippen LogP contribution is -2.28. The molecule has 3 rings (SSSR count). The van der Waals surface area contributed by atoms with Gasteiger partial charge in [-0.1, -0.05) is 60.7 Å². The van der Waals surface area contributed by atoms with E-state index in [4.69, 9.17) is 0 Å². The van der Waals surface area contributed by atoms with Gasteiger partial charge in [-0.15, -0.1) is 0 Å². The monoisotopic (exact) mass is 344 g/mol. The molecule has 0 saturated heterocycles. The molecule has 0 bridgehead atoms. The molecule has 0 saturated carbocycles. The van der Waals surface area contributed by atoms with E-state index in [0.29, 0.717) is 16.8 Å². The summed E-state index contributed by atoms with van der Waals surface area (Å²) in [5.41, 5.74) is 2.48. The van der Waals surface area contributed by atoms with Crippen molar-refractivity contribution in [3.8, 4) is 0 Å². The molecule has 0 radical (unpaired) electrons. The lowest BCUT2D eigenvalue weighted by molar-refractivity contribution is 0.0941. The highest BCUT2D eigenvalue weighted by Gasteiger charge is 2.16. The van der Waals surface area contributed by atoms with Crippen molar-refractivity contribution in [3.05, 3.63) is 102 Å². The lowest BCUT2D eigenvalue weighted by atomic mass is 10.1. The summed E-state index contributed by atoms with van der Waals surface area (Å²) in [6.45, 7) is 1.93. The number of anilines is 1. The summed E-state index contributed by atoms with van der Waals surface area (Å²) < 4.78 is 0. The van der Waals surface area contributed by atoms with Crippen molar-refractivity contribution < 1.29 is 9.59 Å². The third-order valence-electron chi connectivity index (χ3n) is 4.10. The van der Waals surface area contributed by atoms with Gasteiger partial charge in [0.2, 0.25) is 0 Å². The maximum absolute atomic E-state index is 12.7. The number of hydrogen-bond acceptors (Lipinski definition) is 2. The summed E-state index contributed by atoms with van der Waals surface area (Å²) in [5, 5.41) is 5.80. The minimum atomic E-state index is -0.248. The number of rotatable bonds is 5. The van der Waals surface area contributed by atoms with Crippen LogP contribution in [0.5, 0.6) is 0 Å². The molecule has 130 valence electrons. The van der Waals surface area contributed by atoms with Crippen LogP contribution in [0.25, 0.3) is 0 Å². The molecule has 2 amide bonds. The Balaban J connectivity index is 1.76. The van der Waals surface area contributed by atoms with E-state index in [0.717, 1.165) is 5.56 Å². The predicted molar refractivity (Wildman–Crippen MR) is 103 cm³/mol. The van der Waals surface area contributed by atoms with Gasteiger partial charge >= 0.3 is 0 Å². The summed E-state index contributed by atoms with van der Waals surface area (Å²) in [7, 11) is 0.